The number of ketones is 1. The predicted molar refractivity (Wildman–Crippen MR) is 81.0 cm³/mol. The largest absolute Gasteiger partial charge is 0.462 e. The van der Waals surface area contributed by atoms with Gasteiger partial charge in [0.05, 0.1) is 6.42 Å². The fourth-order valence-electron chi connectivity index (χ4n) is 2.83. The van der Waals surface area contributed by atoms with Gasteiger partial charge in [-0.05, 0) is 29.2 Å². The first-order chi connectivity index (χ1) is 10.2. The van der Waals surface area contributed by atoms with E-state index < -0.39 is 0 Å². The average molecular weight is 282 g/mol. The Hall–Kier alpha value is -2.16. The molecule has 0 amide bonds. The van der Waals surface area contributed by atoms with Crippen LogP contribution in [-0.4, -0.2) is 17.9 Å². The van der Waals surface area contributed by atoms with E-state index >= 15 is 0 Å². The summed E-state index contributed by atoms with van der Waals surface area (Å²) in [4.78, 5) is 23.4. The van der Waals surface area contributed by atoms with Gasteiger partial charge in [-0.3, -0.25) is 9.59 Å². The SMILES string of the molecule is O=C1CCCC(OC(=O)Cc2ccc3ccccc3c2)C1. The third-order valence-corrected chi connectivity index (χ3v) is 3.90. The molecule has 1 unspecified atom stereocenters. The van der Waals surface area contributed by atoms with Crippen LogP contribution in [0.1, 0.15) is 31.2 Å². The van der Waals surface area contributed by atoms with Gasteiger partial charge in [0, 0.05) is 12.8 Å². The zero-order chi connectivity index (χ0) is 14.7. The fraction of sp³-hybridized carbons (Fsp3) is 0.333. The molecule has 3 nitrogen and oxygen atoms in total. The number of fused-ring (bicyclic) bond motifs is 1. The van der Waals surface area contributed by atoms with Crippen LogP contribution >= 0.6 is 0 Å². The topological polar surface area (TPSA) is 43.4 Å². The lowest BCUT2D eigenvalue weighted by Gasteiger charge is -2.21. The summed E-state index contributed by atoms with van der Waals surface area (Å²) in [7, 11) is 0. The third kappa shape index (κ3) is 3.48. The first-order valence-electron chi connectivity index (χ1n) is 7.39. The lowest BCUT2D eigenvalue weighted by molar-refractivity contribution is -0.150. The van der Waals surface area contributed by atoms with Gasteiger partial charge in [0.15, 0.2) is 0 Å². The molecule has 108 valence electrons. The normalized spacial score (nSPS) is 18.7. The maximum Gasteiger partial charge on any atom is 0.310 e. The van der Waals surface area contributed by atoms with Crippen molar-refractivity contribution in [2.75, 3.05) is 0 Å². The number of ether oxygens (including phenoxy) is 1. The van der Waals surface area contributed by atoms with Gasteiger partial charge in [-0.2, -0.15) is 0 Å². The monoisotopic (exact) mass is 282 g/mol. The number of benzene rings is 2. The molecule has 0 radical (unpaired) electrons. The van der Waals surface area contributed by atoms with E-state index in [1.165, 1.54) is 0 Å². The lowest BCUT2D eigenvalue weighted by atomic mass is 9.96. The van der Waals surface area contributed by atoms with Crippen LogP contribution in [0.4, 0.5) is 0 Å². The van der Waals surface area contributed by atoms with E-state index in [1.54, 1.807) is 0 Å². The highest BCUT2D eigenvalue weighted by Gasteiger charge is 2.22. The summed E-state index contributed by atoms with van der Waals surface area (Å²) in [6.07, 6.45) is 2.67. The second kappa shape index (κ2) is 6.08. The van der Waals surface area contributed by atoms with E-state index in [1.807, 2.05) is 42.5 Å². The highest BCUT2D eigenvalue weighted by atomic mass is 16.5. The molecular formula is C18H18O3. The second-order valence-corrected chi connectivity index (χ2v) is 5.61. The van der Waals surface area contributed by atoms with Crippen molar-refractivity contribution in [3.63, 3.8) is 0 Å². The smallest absolute Gasteiger partial charge is 0.310 e. The van der Waals surface area contributed by atoms with E-state index in [-0.39, 0.29) is 24.3 Å². The first-order valence-corrected chi connectivity index (χ1v) is 7.39. The quantitative estimate of drug-likeness (QED) is 0.810. The van der Waals surface area contributed by atoms with Crippen molar-refractivity contribution in [3.05, 3.63) is 48.0 Å². The standard InChI is InChI=1S/C18H18O3/c19-16-6-3-7-17(12-16)21-18(20)11-13-8-9-14-4-1-2-5-15(14)10-13/h1-2,4-5,8-10,17H,3,6-7,11-12H2. The number of carbonyl (C=O) groups excluding carboxylic acids is 2. The highest BCUT2D eigenvalue weighted by Crippen LogP contribution is 2.20. The lowest BCUT2D eigenvalue weighted by Crippen LogP contribution is -2.26. The molecule has 2 aromatic carbocycles. The maximum absolute atomic E-state index is 12.0. The van der Waals surface area contributed by atoms with Crippen LogP contribution in [-0.2, 0) is 20.7 Å². The minimum atomic E-state index is -0.245. The molecule has 0 bridgehead atoms. The average Bonchev–Trinajstić information content (AvgIpc) is 2.47. The van der Waals surface area contributed by atoms with Gasteiger partial charge in [-0.25, -0.2) is 0 Å². The van der Waals surface area contributed by atoms with Crippen LogP contribution in [0, 0.1) is 0 Å². The summed E-state index contributed by atoms with van der Waals surface area (Å²) in [5.74, 6) is -0.0465. The van der Waals surface area contributed by atoms with E-state index in [2.05, 4.69) is 0 Å². The molecule has 21 heavy (non-hydrogen) atoms. The molecule has 2 aromatic rings. The van der Waals surface area contributed by atoms with Gasteiger partial charge in [0.2, 0.25) is 0 Å². The van der Waals surface area contributed by atoms with Crippen LogP contribution < -0.4 is 0 Å². The molecule has 1 saturated carbocycles. The van der Waals surface area contributed by atoms with E-state index in [4.69, 9.17) is 4.74 Å². The molecule has 1 fully saturated rings. The summed E-state index contributed by atoms with van der Waals surface area (Å²) in [6.45, 7) is 0. The Bertz CT molecular complexity index is 675. The van der Waals surface area contributed by atoms with Crippen LogP contribution in [0.3, 0.4) is 0 Å². The molecule has 1 aliphatic rings. The Morgan fingerprint density at radius 2 is 1.95 bits per heavy atom. The van der Waals surface area contributed by atoms with Crippen molar-refractivity contribution in [3.8, 4) is 0 Å². The second-order valence-electron chi connectivity index (χ2n) is 5.61. The number of rotatable bonds is 3. The Balaban J connectivity index is 1.64. The van der Waals surface area contributed by atoms with Crippen molar-refractivity contribution in [2.45, 2.75) is 38.2 Å². The summed E-state index contributed by atoms with van der Waals surface area (Å²) in [5.41, 5.74) is 0.945. The third-order valence-electron chi connectivity index (χ3n) is 3.90. The molecule has 0 aromatic heterocycles. The van der Waals surface area contributed by atoms with Crippen LogP contribution in [0.25, 0.3) is 10.8 Å². The van der Waals surface area contributed by atoms with Gasteiger partial charge >= 0.3 is 5.97 Å². The van der Waals surface area contributed by atoms with Crippen molar-refractivity contribution in [1.82, 2.24) is 0 Å². The molecule has 3 heteroatoms. The molecule has 3 rings (SSSR count). The van der Waals surface area contributed by atoms with Crippen molar-refractivity contribution < 1.29 is 14.3 Å². The molecule has 0 N–H and O–H groups in total. The number of carbonyl (C=O) groups is 2. The van der Waals surface area contributed by atoms with Crippen LogP contribution in [0.5, 0.6) is 0 Å². The summed E-state index contributed by atoms with van der Waals surface area (Å²) >= 11 is 0. The van der Waals surface area contributed by atoms with E-state index in [0.29, 0.717) is 12.8 Å². The Morgan fingerprint density at radius 3 is 2.76 bits per heavy atom. The first kappa shape index (κ1) is 13.8. The summed E-state index contributed by atoms with van der Waals surface area (Å²) < 4.78 is 5.42. The van der Waals surface area contributed by atoms with Crippen LogP contribution in [0.15, 0.2) is 42.5 Å². The predicted octanol–water partition coefficient (Wildman–Crippen LogP) is 3.44. The zero-order valence-electron chi connectivity index (χ0n) is 11.9. The number of esters is 1. The zero-order valence-corrected chi connectivity index (χ0v) is 11.9. The Morgan fingerprint density at radius 1 is 1.14 bits per heavy atom. The highest BCUT2D eigenvalue weighted by molar-refractivity contribution is 5.84. The summed E-state index contributed by atoms with van der Waals surface area (Å²) in [5, 5.41) is 2.28. The van der Waals surface area contributed by atoms with Crippen molar-refractivity contribution in [1.29, 1.82) is 0 Å². The molecule has 0 spiro atoms. The van der Waals surface area contributed by atoms with Gasteiger partial charge in [-0.15, -0.1) is 0 Å². The molecule has 1 atom stereocenters. The Kier molecular flexibility index (Phi) is 4.00. The number of Topliss-reactive ketones (excluding diaryl/α,β-unsaturated/α-hetero) is 1. The van der Waals surface area contributed by atoms with E-state index in [0.717, 1.165) is 29.2 Å². The Labute approximate surface area is 123 Å². The molecule has 1 aliphatic carbocycles. The number of hydrogen-bond donors (Lipinski definition) is 0. The van der Waals surface area contributed by atoms with Gasteiger partial charge < -0.3 is 4.74 Å². The molecular weight excluding hydrogens is 264 g/mol. The van der Waals surface area contributed by atoms with Gasteiger partial charge in [0.25, 0.3) is 0 Å². The van der Waals surface area contributed by atoms with Gasteiger partial charge in [-0.1, -0.05) is 42.5 Å². The minimum absolute atomic E-state index is 0.199. The molecule has 0 aliphatic heterocycles. The van der Waals surface area contributed by atoms with Crippen molar-refractivity contribution >= 4 is 22.5 Å². The van der Waals surface area contributed by atoms with Gasteiger partial charge in [0.1, 0.15) is 11.9 Å². The fourth-order valence-corrected chi connectivity index (χ4v) is 2.83. The van der Waals surface area contributed by atoms with Crippen molar-refractivity contribution in [2.24, 2.45) is 0 Å². The van der Waals surface area contributed by atoms with Crippen LogP contribution in [0.2, 0.25) is 0 Å². The maximum atomic E-state index is 12.0. The molecule has 0 heterocycles. The summed E-state index contributed by atoms with van der Waals surface area (Å²) in [6, 6.07) is 14.0. The minimum Gasteiger partial charge on any atom is -0.462 e. The molecule has 0 saturated heterocycles. The van der Waals surface area contributed by atoms with E-state index in [9.17, 15) is 9.59 Å². The number of hydrogen-bond acceptors (Lipinski definition) is 3.